The average Bonchev–Trinajstić information content (AvgIpc) is 3.39. The van der Waals surface area contributed by atoms with Crippen LogP contribution in [0, 0.1) is 6.92 Å². The van der Waals surface area contributed by atoms with Crippen LogP contribution in [0.3, 0.4) is 0 Å². The second-order valence-corrected chi connectivity index (χ2v) is 9.41. The summed E-state index contributed by atoms with van der Waals surface area (Å²) in [5, 5.41) is 3.60. The number of aryl methyl sites for hydroxylation is 1. The predicted molar refractivity (Wildman–Crippen MR) is 138 cm³/mol. The molecule has 4 aromatic rings. The van der Waals surface area contributed by atoms with E-state index in [1.807, 2.05) is 61.5 Å². The van der Waals surface area contributed by atoms with E-state index >= 15 is 0 Å². The second kappa shape index (κ2) is 9.74. The number of carbonyl (C=O) groups excluding carboxylic acids is 1. The number of nitrogens with zero attached hydrogens (tertiary/aromatic N) is 2. The molecule has 1 fully saturated rings. The smallest absolute Gasteiger partial charge is 0.332 e. The molecule has 6 nitrogen and oxygen atoms in total. The first-order valence-corrected chi connectivity index (χ1v) is 12.2. The lowest BCUT2D eigenvalue weighted by molar-refractivity contribution is 0.0938. The Bertz CT molecular complexity index is 1480. The highest BCUT2D eigenvalue weighted by atomic mass is 16.2. The fourth-order valence-electron chi connectivity index (χ4n) is 4.82. The number of amides is 1. The molecule has 0 bridgehead atoms. The Balaban J connectivity index is 1.46. The number of fused-ring (bicyclic) bond motifs is 1. The van der Waals surface area contributed by atoms with Crippen molar-refractivity contribution in [3.8, 4) is 0 Å². The molecule has 6 heteroatoms. The molecule has 1 amide bonds. The van der Waals surface area contributed by atoms with Crippen LogP contribution in [-0.4, -0.2) is 21.1 Å². The molecule has 1 aliphatic rings. The van der Waals surface area contributed by atoms with Gasteiger partial charge in [-0.1, -0.05) is 66.9 Å². The van der Waals surface area contributed by atoms with Crippen LogP contribution in [0.25, 0.3) is 10.9 Å². The highest BCUT2D eigenvalue weighted by Crippen LogP contribution is 2.18. The van der Waals surface area contributed by atoms with Gasteiger partial charge in [-0.05, 0) is 55.2 Å². The molecule has 1 heterocycles. The first-order chi connectivity index (χ1) is 17.0. The zero-order valence-corrected chi connectivity index (χ0v) is 19.9. The van der Waals surface area contributed by atoms with Crippen LogP contribution in [0.1, 0.15) is 52.7 Å². The van der Waals surface area contributed by atoms with Crippen molar-refractivity contribution in [1.82, 2.24) is 14.5 Å². The highest BCUT2D eigenvalue weighted by Gasteiger charge is 2.18. The summed E-state index contributed by atoms with van der Waals surface area (Å²) in [5.74, 6) is -0.0771. The maximum atomic E-state index is 13.5. The number of para-hydroxylation sites is 1. The van der Waals surface area contributed by atoms with Gasteiger partial charge in [0, 0.05) is 11.6 Å². The summed E-state index contributed by atoms with van der Waals surface area (Å²) >= 11 is 0. The van der Waals surface area contributed by atoms with E-state index in [1.54, 1.807) is 22.8 Å². The summed E-state index contributed by atoms with van der Waals surface area (Å²) < 4.78 is 2.94. The third-order valence-electron chi connectivity index (χ3n) is 6.84. The van der Waals surface area contributed by atoms with E-state index in [-0.39, 0.29) is 29.7 Å². The monoisotopic (exact) mass is 467 g/mol. The van der Waals surface area contributed by atoms with Crippen LogP contribution < -0.4 is 16.6 Å². The number of aromatic nitrogens is 2. The van der Waals surface area contributed by atoms with Gasteiger partial charge in [-0.25, -0.2) is 4.79 Å². The molecule has 35 heavy (non-hydrogen) atoms. The molecule has 0 atom stereocenters. The summed E-state index contributed by atoms with van der Waals surface area (Å²) in [6.07, 6.45) is 4.38. The molecule has 0 aliphatic heterocycles. The highest BCUT2D eigenvalue weighted by molar-refractivity contribution is 5.94. The van der Waals surface area contributed by atoms with Crippen molar-refractivity contribution in [2.75, 3.05) is 0 Å². The number of nitrogens with one attached hydrogen (secondary N) is 1. The number of hydrogen-bond donors (Lipinski definition) is 1. The minimum atomic E-state index is -0.350. The fourth-order valence-corrected chi connectivity index (χ4v) is 4.82. The Kier molecular flexibility index (Phi) is 6.36. The largest absolute Gasteiger partial charge is 0.349 e. The topological polar surface area (TPSA) is 73.1 Å². The van der Waals surface area contributed by atoms with Crippen LogP contribution in [-0.2, 0) is 13.1 Å². The van der Waals surface area contributed by atoms with Gasteiger partial charge in [0.2, 0.25) is 0 Å². The molecule has 1 N–H and O–H groups in total. The molecule has 1 aromatic heterocycles. The summed E-state index contributed by atoms with van der Waals surface area (Å²) in [6.45, 7) is 2.54. The Morgan fingerprint density at radius 1 is 0.829 bits per heavy atom. The van der Waals surface area contributed by atoms with E-state index < -0.39 is 0 Å². The quantitative estimate of drug-likeness (QED) is 0.461. The zero-order chi connectivity index (χ0) is 24.4. The van der Waals surface area contributed by atoms with Gasteiger partial charge in [-0.15, -0.1) is 0 Å². The van der Waals surface area contributed by atoms with Crippen molar-refractivity contribution >= 4 is 16.8 Å². The van der Waals surface area contributed by atoms with Gasteiger partial charge >= 0.3 is 5.69 Å². The van der Waals surface area contributed by atoms with Gasteiger partial charge in [0.1, 0.15) is 0 Å². The van der Waals surface area contributed by atoms with Crippen LogP contribution in [0.2, 0.25) is 0 Å². The lowest BCUT2D eigenvalue weighted by atomic mass is 10.1. The first kappa shape index (κ1) is 22.8. The van der Waals surface area contributed by atoms with E-state index in [0.717, 1.165) is 42.4 Å². The molecule has 5 rings (SSSR count). The minimum Gasteiger partial charge on any atom is -0.349 e. The Morgan fingerprint density at radius 3 is 2.11 bits per heavy atom. The SMILES string of the molecule is Cc1ccc(Cn2c(=O)n(Cc3ccc(C(=O)NC4CCCC4)cc3)c(=O)c3ccccc32)cc1. The number of hydrogen-bond acceptors (Lipinski definition) is 3. The van der Waals surface area contributed by atoms with Crippen molar-refractivity contribution in [1.29, 1.82) is 0 Å². The van der Waals surface area contributed by atoms with Crippen molar-refractivity contribution in [3.63, 3.8) is 0 Å². The Morgan fingerprint density at radius 2 is 1.43 bits per heavy atom. The molecule has 0 spiro atoms. The summed E-state index contributed by atoms with van der Waals surface area (Å²) in [6, 6.07) is 22.7. The lowest BCUT2D eigenvalue weighted by Crippen LogP contribution is -2.40. The van der Waals surface area contributed by atoms with Gasteiger partial charge in [-0.2, -0.15) is 0 Å². The van der Waals surface area contributed by atoms with Crippen LogP contribution in [0.5, 0.6) is 0 Å². The third kappa shape index (κ3) is 4.83. The number of benzene rings is 3. The summed E-state index contributed by atoms with van der Waals surface area (Å²) in [4.78, 5) is 39.3. The molecule has 0 unspecified atom stereocenters. The molecular formula is C29H29N3O3. The molecule has 0 radical (unpaired) electrons. The van der Waals surface area contributed by atoms with Crippen LogP contribution >= 0.6 is 0 Å². The van der Waals surface area contributed by atoms with Gasteiger partial charge in [0.15, 0.2) is 0 Å². The predicted octanol–water partition coefficient (Wildman–Crippen LogP) is 4.24. The molecule has 178 valence electrons. The van der Waals surface area contributed by atoms with Crippen LogP contribution in [0.15, 0.2) is 82.4 Å². The van der Waals surface area contributed by atoms with Crippen LogP contribution in [0.4, 0.5) is 0 Å². The van der Waals surface area contributed by atoms with E-state index in [0.29, 0.717) is 23.0 Å². The van der Waals surface area contributed by atoms with Gasteiger partial charge in [0.05, 0.1) is 24.0 Å². The van der Waals surface area contributed by atoms with Crippen molar-refractivity contribution < 1.29 is 4.79 Å². The van der Waals surface area contributed by atoms with Gasteiger partial charge < -0.3 is 5.32 Å². The minimum absolute atomic E-state index is 0.0771. The third-order valence-corrected chi connectivity index (χ3v) is 6.84. The normalized spacial score (nSPS) is 13.9. The molecule has 1 aliphatic carbocycles. The van der Waals surface area contributed by atoms with Crippen molar-refractivity contribution in [3.05, 3.63) is 116 Å². The molecule has 1 saturated carbocycles. The van der Waals surface area contributed by atoms with Gasteiger partial charge in [0.25, 0.3) is 11.5 Å². The average molecular weight is 468 g/mol. The lowest BCUT2D eigenvalue weighted by Gasteiger charge is -2.15. The summed E-state index contributed by atoms with van der Waals surface area (Å²) in [7, 11) is 0. The molecular weight excluding hydrogens is 438 g/mol. The maximum absolute atomic E-state index is 13.5. The van der Waals surface area contributed by atoms with Gasteiger partial charge in [-0.3, -0.25) is 18.7 Å². The van der Waals surface area contributed by atoms with Crippen molar-refractivity contribution in [2.24, 2.45) is 0 Å². The van der Waals surface area contributed by atoms with E-state index in [2.05, 4.69) is 5.32 Å². The van der Waals surface area contributed by atoms with E-state index in [1.165, 1.54) is 4.57 Å². The van der Waals surface area contributed by atoms with E-state index in [4.69, 9.17) is 0 Å². The molecule has 0 saturated heterocycles. The second-order valence-electron chi connectivity index (χ2n) is 9.41. The fraction of sp³-hybridized carbons (Fsp3) is 0.276. The Labute approximate surface area is 203 Å². The Hall–Kier alpha value is -3.93. The first-order valence-electron chi connectivity index (χ1n) is 12.2. The molecule has 3 aromatic carbocycles. The summed E-state index contributed by atoms with van der Waals surface area (Å²) in [5.41, 5.74) is 3.48. The number of carbonyl (C=O) groups is 1. The number of rotatable bonds is 6. The van der Waals surface area contributed by atoms with Crippen molar-refractivity contribution in [2.45, 2.75) is 51.7 Å². The zero-order valence-electron chi connectivity index (χ0n) is 19.9. The maximum Gasteiger partial charge on any atom is 0.332 e. The standard InChI is InChI=1S/C29H29N3O3/c1-20-10-12-21(13-11-20)18-31-26-9-5-4-8-25(26)28(34)32(29(31)35)19-22-14-16-23(17-15-22)27(33)30-24-6-2-3-7-24/h4-5,8-17,24H,2-3,6-7,18-19H2,1H3,(H,30,33). The van der Waals surface area contributed by atoms with E-state index in [9.17, 15) is 14.4 Å².